The van der Waals surface area contributed by atoms with E-state index in [0.29, 0.717) is 44.8 Å². The van der Waals surface area contributed by atoms with Gasteiger partial charge in [0.2, 0.25) is 11.8 Å². The Morgan fingerprint density at radius 3 is 2.56 bits per heavy atom. The molecule has 0 spiro atoms. The molecule has 0 atom stereocenters. The average molecular weight is 350 g/mol. The lowest BCUT2D eigenvalue weighted by atomic mass is 9.96. The van der Waals surface area contributed by atoms with Gasteiger partial charge in [0.1, 0.15) is 11.5 Å². The second-order valence-electron chi connectivity index (χ2n) is 6.20. The van der Waals surface area contributed by atoms with Crippen LogP contribution in [0.25, 0.3) is 0 Å². The predicted octanol–water partition coefficient (Wildman–Crippen LogP) is 1.79. The van der Waals surface area contributed by atoms with E-state index >= 15 is 0 Å². The van der Waals surface area contributed by atoms with Gasteiger partial charge < -0.3 is 19.4 Å². The summed E-state index contributed by atoms with van der Waals surface area (Å²) < 4.78 is 10.4. The summed E-state index contributed by atoms with van der Waals surface area (Å²) in [7, 11) is 0. The van der Waals surface area contributed by atoms with Gasteiger partial charge in [0, 0.05) is 25.9 Å². The zero-order valence-electron chi connectivity index (χ0n) is 14.9. The van der Waals surface area contributed by atoms with Crippen LogP contribution in [0.15, 0.2) is 16.5 Å². The molecule has 1 aromatic heterocycles. The zero-order chi connectivity index (χ0) is 18.2. The van der Waals surface area contributed by atoms with Crippen LogP contribution >= 0.6 is 0 Å². The summed E-state index contributed by atoms with van der Waals surface area (Å²) >= 11 is 0. The third-order valence-corrected chi connectivity index (χ3v) is 4.29. The summed E-state index contributed by atoms with van der Waals surface area (Å²) in [6.07, 6.45) is 1.56. The second kappa shape index (κ2) is 9.25. The lowest BCUT2D eigenvalue weighted by Gasteiger charge is -2.30. The maximum atomic E-state index is 12.2. The Kier molecular flexibility index (Phi) is 7.03. The second-order valence-corrected chi connectivity index (χ2v) is 6.20. The molecule has 2 heterocycles. The number of hydrogen-bond donors (Lipinski definition) is 1. The average Bonchev–Trinajstić information content (AvgIpc) is 3.03. The minimum atomic E-state index is -0.179. The molecular formula is C18H26N2O5. The van der Waals surface area contributed by atoms with Crippen molar-refractivity contribution in [2.24, 2.45) is 5.92 Å². The number of likely N-dealkylation sites (tertiary alicyclic amines) is 1. The molecular weight excluding hydrogens is 324 g/mol. The summed E-state index contributed by atoms with van der Waals surface area (Å²) in [5.74, 6) is 0.963. The monoisotopic (exact) mass is 350 g/mol. The molecule has 7 nitrogen and oxygen atoms in total. The van der Waals surface area contributed by atoms with Gasteiger partial charge in [0.25, 0.3) is 0 Å². The van der Waals surface area contributed by atoms with Gasteiger partial charge in [-0.1, -0.05) is 0 Å². The molecule has 0 saturated carbocycles. The minimum Gasteiger partial charge on any atom is -0.466 e. The van der Waals surface area contributed by atoms with Crippen molar-refractivity contribution in [2.45, 2.75) is 46.1 Å². The van der Waals surface area contributed by atoms with Gasteiger partial charge in [-0.25, -0.2) is 0 Å². The number of esters is 1. The number of piperidine rings is 1. The fourth-order valence-corrected chi connectivity index (χ4v) is 2.86. The van der Waals surface area contributed by atoms with Crippen LogP contribution in [0.3, 0.4) is 0 Å². The third kappa shape index (κ3) is 5.92. The highest BCUT2D eigenvalue weighted by Crippen LogP contribution is 2.19. The van der Waals surface area contributed by atoms with Crippen molar-refractivity contribution in [1.82, 2.24) is 10.2 Å². The first-order valence-electron chi connectivity index (χ1n) is 8.76. The van der Waals surface area contributed by atoms with Crippen molar-refractivity contribution in [2.75, 3.05) is 19.7 Å². The van der Waals surface area contributed by atoms with Crippen LogP contribution in [0.2, 0.25) is 0 Å². The van der Waals surface area contributed by atoms with Crippen molar-refractivity contribution >= 4 is 17.8 Å². The van der Waals surface area contributed by atoms with Gasteiger partial charge in [0.15, 0.2) is 0 Å². The van der Waals surface area contributed by atoms with Crippen LogP contribution in [0.4, 0.5) is 0 Å². The number of amides is 2. The van der Waals surface area contributed by atoms with E-state index in [1.807, 2.05) is 19.1 Å². The maximum Gasteiger partial charge on any atom is 0.309 e. The molecule has 0 bridgehead atoms. The number of carbonyl (C=O) groups is 3. The fraction of sp³-hybridized carbons (Fsp3) is 0.611. The number of nitrogens with zero attached hydrogens (tertiary/aromatic N) is 1. The largest absolute Gasteiger partial charge is 0.466 e. The molecule has 25 heavy (non-hydrogen) atoms. The van der Waals surface area contributed by atoms with E-state index in [-0.39, 0.29) is 36.5 Å². The van der Waals surface area contributed by atoms with Crippen molar-refractivity contribution in [3.05, 3.63) is 23.7 Å². The fourth-order valence-electron chi connectivity index (χ4n) is 2.86. The van der Waals surface area contributed by atoms with Gasteiger partial charge >= 0.3 is 5.97 Å². The standard InChI is InChI=1S/C18H26N2O5/c1-3-24-18(23)14-8-10-20(11-9-14)17(22)7-6-16(21)19-12-15-5-4-13(2)25-15/h4-5,14H,3,6-12H2,1-2H3,(H,19,21). The quantitative estimate of drug-likeness (QED) is 0.757. The predicted molar refractivity (Wildman–Crippen MR) is 90.5 cm³/mol. The molecule has 2 rings (SSSR count). The molecule has 0 aromatic carbocycles. The van der Waals surface area contributed by atoms with Crippen LogP contribution in [-0.2, 0) is 25.7 Å². The highest BCUT2D eigenvalue weighted by Gasteiger charge is 2.28. The Balaban J connectivity index is 1.65. The number of aryl methyl sites for hydroxylation is 1. The third-order valence-electron chi connectivity index (χ3n) is 4.29. The van der Waals surface area contributed by atoms with Crippen molar-refractivity contribution in [1.29, 1.82) is 0 Å². The van der Waals surface area contributed by atoms with E-state index in [1.54, 1.807) is 11.8 Å². The summed E-state index contributed by atoms with van der Waals surface area (Å²) in [5, 5.41) is 2.74. The van der Waals surface area contributed by atoms with Gasteiger partial charge in [-0.15, -0.1) is 0 Å². The van der Waals surface area contributed by atoms with Crippen LogP contribution in [-0.4, -0.2) is 42.4 Å². The molecule has 7 heteroatoms. The smallest absolute Gasteiger partial charge is 0.309 e. The Morgan fingerprint density at radius 1 is 1.24 bits per heavy atom. The number of hydrogen-bond acceptors (Lipinski definition) is 5. The van der Waals surface area contributed by atoms with Crippen molar-refractivity contribution in [3.8, 4) is 0 Å². The lowest BCUT2D eigenvalue weighted by molar-refractivity contribution is -0.151. The molecule has 0 unspecified atom stereocenters. The minimum absolute atomic E-state index is 0.0497. The highest BCUT2D eigenvalue weighted by molar-refractivity contribution is 5.84. The molecule has 138 valence electrons. The van der Waals surface area contributed by atoms with E-state index in [9.17, 15) is 14.4 Å². The first kappa shape index (κ1) is 19.0. The van der Waals surface area contributed by atoms with Crippen LogP contribution in [0.1, 0.15) is 44.1 Å². The zero-order valence-corrected chi connectivity index (χ0v) is 14.9. The first-order chi connectivity index (χ1) is 12.0. The lowest BCUT2D eigenvalue weighted by Crippen LogP contribution is -2.41. The Labute approximate surface area is 147 Å². The SMILES string of the molecule is CCOC(=O)C1CCN(C(=O)CCC(=O)NCc2ccc(C)o2)CC1. The molecule has 1 saturated heterocycles. The topological polar surface area (TPSA) is 88.8 Å². The molecule has 0 radical (unpaired) electrons. The van der Waals surface area contributed by atoms with Gasteiger partial charge in [-0.05, 0) is 38.8 Å². The molecule has 1 N–H and O–H groups in total. The van der Waals surface area contributed by atoms with Gasteiger partial charge in [-0.3, -0.25) is 14.4 Å². The molecule has 1 fully saturated rings. The Morgan fingerprint density at radius 2 is 1.96 bits per heavy atom. The molecule has 1 aliphatic rings. The van der Waals surface area contributed by atoms with E-state index in [4.69, 9.17) is 9.15 Å². The van der Waals surface area contributed by atoms with Crippen LogP contribution in [0, 0.1) is 12.8 Å². The number of ether oxygens (including phenoxy) is 1. The van der Waals surface area contributed by atoms with Crippen molar-refractivity contribution < 1.29 is 23.5 Å². The normalized spacial score (nSPS) is 15.0. The van der Waals surface area contributed by atoms with Crippen molar-refractivity contribution in [3.63, 3.8) is 0 Å². The molecule has 0 aliphatic carbocycles. The Bertz CT molecular complexity index is 602. The molecule has 1 aliphatic heterocycles. The number of carbonyl (C=O) groups excluding carboxylic acids is 3. The highest BCUT2D eigenvalue weighted by atomic mass is 16.5. The number of rotatable bonds is 7. The maximum absolute atomic E-state index is 12.2. The Hall–Kier alpha value is -2.31. The number of nitrogens with one attached hydrogen (secondary N) is 1. The van der Waals surface area contributed by atoms with Crippen LogP contribution < -0.4 is 5.32 Å². The van der Waals surface area contributed by atoms with E-state index in [0.717, 1.165) is 5.76 Å². The van der Waals surface area contributed by atoms with E-state index < -0.39 is 0 Å². The van der Waals surface area contributed by atoms with Gasteiger partial charge in [0.05, 0.1) is 19.1 Å². The van der Waals surface area contributed by atoms with E-state index in [1.165, 1.54) is 0 Å². The summed E-state index contributed by atoms with van der Waals surface area (Å²) in [4.78, 5) is 37.4. The van der Waals surface area contributed by atoms with E-state index in [2.05, 4.69) is 5.32 Å². The summed E-state index contributed by atoms with van der Waals surface area (Å²) in [5.41, 5.74) is 0. The summed E-state index contributed by atoms with van der Waals surface area (Å²) in [6.45, 7) is 5.41. The molecule has 2 amide bonds. The van der Waals surface area contributed by atoms with Gasteiger partial charge in [-0.2, -0.15) is 0 Å². The van der Waals surface area contributed by atoms with Crippen LogP contribution in [0.5, 0.6) is 0 Å². The first-order valence-corrected chi connectivity index (χ1v) is 8.76. The summed E-state index contributed by atoms with van der Waals surface area (Å²) in [6, 6.07) is 3.65. The molecule has 1 aromatic rings. The number of furan rings is 1.